The van der Waals surface area contributed by atoms with E-state index in [-0.39, 0.29) is 17.3 Å². The number of H-pyrrole nitrogens is 2. The molecule has 0 bridgehead atoms. The van der Waals surface area contributed by atoms with Gasteiger partial charge in [0.25, 0.3) is 5.56 Å². The van der Waals surface area contributed by atoms with Crippen molar-refractivity contribution < 1.29 is 4.79 Å². The molecular formula is C14H15N3O3S. The molecule has 0 unspecified atom stereocenters. The second-order valence-corrected chi connectivity index (χ2v) is 5.50. The lowest BCUT2D eigenvalue weighted by atomic mass is 10.2. The van der Waals surface area contributed by atoms with Crippen LogP contribution in [-0.4, -0.2) is 21.6 Å². The fourth-order valence-electron chi connectivity index (χ4n) is 1.63. The lowest BCUT2D eigenvalue weighted by Gasteiger charge is -2.04. The zero-order valence-electron chi connectivity index (χ0n) is 11.4. The van der Waals surface area contributed by atoms with Crippen molar-refractivity contribution in [3.8, 4) is 0 Å². The minimum absolute atomic E-state index is 0.0375. The van der Waals surface area contributed by atoms with Gasteiger partial charge in [0.05, 0.1) is 5.75 Å². The zero-order valence-corrected chi connectivity index (χ0v) is 12.3. The van der Waals surface area contributed by atoms with Crippen molar-refractivity contribution in [2.24, 2.45) is 0 Å². The summed E-state index contributed by atoms with van der Waals surface area (Å²) in [5.74, 6) is 0.659. The number of amides is 1. The molecule has 2 aromatic rings. The molecule has 0 spiro atoms. The molecule has 1 aromatic carbocycles. The SMILES string of the molecule is Cc1ccc(CSCC(=O)Nc2c[nH]c(=O)[nH]c2=O)cc1. The molecule has 7 heteroatoms. The van der Waals surface area contributed by atoms with Gasteiger partial charge in [-0.3, -0.25) is 14.6 Å². The lowest BCUT2D eigenvalue weighted by Crippen LogP contribution is -2.27. The Bertz CT molecular complexity index is 734. The Hall–Kier alpha value is -2.28. The van der Waals surface area contributed by atoms with Crippen LogP contribution in [-0.2, 0) is 10.5 Å². The van der Waals surface area contributed by atoms with E-state index in [1.165, 1.54) is 23.5 Å². The number of rotatable bonds is 5. The van der Waals surface area contributed by atoms with Crippen LogP contribution in [0, 0.1) is 6.92 Å². The van der Waals surface area contributed by atoms with Crippen LogP contribution in [0.4, 0.5) is 5.69 Å². The summed E-state index contributed by atoms with van der Waals surface area (Å²) in [5, 5.41) is 2.46. The molecule has 0 fully saturated rings. The van der Waals surface area contributed by atoms with Gasteiger partial charge < -0.3 is 10.3 Å². The van der Waals surface area contributed by atoms with Crippen LogP contribution in [0.5, 0.6) is 0 Å². The predicted octanol–water partition coefficient (Wildman–Crippen LogP) is 1.24. The van der Waals surface area contributed by atoms with Crippen LogP contribution < -0.4 is 16.6 Å². The number of benzene rings is 1. The van der Waals surface area contributed by atoms with Crippen molar-refractivity contribution >= 4 is 23.4 Å². The fourth-order valence-corrected chi connectivity index (χ4v) is 2.42. The average Bonchev–Trinajstić information content (AvgIpc) is 2.44. The van der Waals surface area contributed by atoms with Gasteiger partial charge in [0, 0.05) is 11.9 Å². The van der Waals surface area contributed by atoms with Crippen LogP contribution in [0.15, 0.2) is 40.1 Å². The van der Waals surface area contributed by atoms with Crippen LogP contribution in [0.25, 0.3) is 0 Å². The number of carbonyl (C=O) groups excluding carboxylic acids is 1. The number of aromatic nitrogens is 2. The molecular weight excluding hydrogens is 290 g/mol. The summed E-state index contributed by atoms with van der Waals surface area (Å²) in [6.07, 6.45) is 1.18. The molecule has 1 amide bonds. The fraction of sp³-hybridized carbons (Fsp3) is 0.214. The monoisotopic (exact) mass is 305 g/mol. The first-order valence-corrected chi connectivity index (χ1v) is 7.45. The van der Waals surface area contributed by atoms with Crippen molar-refractivity contribution in [1.82, 2.24) is 9.97 Å². The summed E-state index contributed by atoms with van der Waals surface area (Å²) in [7, 11) is 0. The van der Waals surface area contributed by atoms with E-state index >= 15 is 0 Å². The first-order chi connectivity index (χ1) is 10.0. The van der Waals surface area contributed by atoms with E-state index < -0.39 is 11.2 Å². The average molecular weight is 305 g/mol. The predicted molar refractivity (Wildman–Crippen MR) is 83.7 cm³/mol. The molecule has 0 radical (unpaired) electrons. The Kier molecular flexibility index (Phi) is 4.99. The summed E-state index contributed by atoms with van der Waals surface area (Å²) in [5.41, 5.74) is 1.15. The third kappa shape index (κ3) is 4.64. The van der Waals surface area contributed by atoms with Gasteiger partial charge in [0.1, 0.15) is 5.69 Å². The molecule has 0 saturated carbocycles. The molecule has 2 rings (SSSR count). The quantitative estimate of drug-likeness (QED) is 0.774. The van der Waals surface area contributed by atoms with Crippen molar-refractivity contribution in [2.75, 3.05) is 11.1 Å². The number of aromatic amines is 2. The highest BCUT2D eigenvalue weighted by Gasteiger charge is 2.06. The maximum absolute atomic E-state index is 11.7. The molecule has 3 N–H and O–H groups in total. The largest absolute Gasteiger partial charge is 0.325 e. The van der Waals surface area contributed by atoms with E-state index in [4.69, 9.17) is 0 Å². The Morgan fingerprint density at radius 2 is 1.95 bits per heavy atom. The number of aryl methyl sites for hydroxylation is 1. The van der Waals surface area contributed by atoms with Gasteiger partial charge in [-0.05, 0) is 12.5 Å². The Labute approximate surface area is 125 Å². The van der Waals surface area contributed by atoms with Gasteiger partial charge in [0.2, 0.25) is 5.91 Å². The standard InChI is InChI=1S/C14H15N3O3S/c1-9-2-4-10(5-3-9)7-21-8-12(18)16-11-6-15-14(20)17-13(11)19/h2-6H,7-8H2,1H3,(H,16,18)(H2,15,17,19,20). The summed E-state index contributed by atoms with van der Waals surface area (Å²) in [6.45, 7) is 2.02. The van der Waals surface area contributed by atoms with Crippen LogP contribution in [0.3, 0.4) is 0 Å². The smallest absolute Gasteiger partial charge is 0.320 e. The Morgan fingerprint density at radius 3 is 2.62 bits per heavy atom. The number of carbonyl (C=O) groups is 1. The third-order valence-corrected chi connectivity index (χ3v) is 3.72. The van der Waals surface area contributed by atoms with E-state index in [2.05, 4.69) is 10.3 Å². The minimum Gasteiger partial charge on any atom is -0.320 e. The zero-order chi connectivity index (χ0) is 15.2. The number of thioether (sulfide) groups is 1. The minimum atomic E-state index is -0.615. The van der Waals surface area contributed by atoms with Crippen LogP contribution >= 0.6 is 11.8 Å². The molecule has 0 aliphatic carbocycles. The van der Waals surface area contributed by atoms with Crippen molar-refractivity contribution in [1.29, 1.82) is 0 Å². The van der Waals surface area contributed by atoms with E-state index in [1.807, 2.05) is 36.2 Å². The summed E-state index contributed by atoms with van der Waals surface area (Å²) >= 11 is 1.45. The molecule has 1 heterocycles. The van der Waals surface area contributed by atoms with Gasteiger partial charge in [-0.15, -0.1) is 11.8 Å². The van der Waals surface area contributed by atoms with Crippen LogP contribution in [0.1, 0.15) is 11.1 Å². The lowest BCUT2D eigenvalue weighted by molar-refractivity contribution is -0.113. The number of nitrogens with one attached hydrogen (secondary N) is 3. The maximum Gasteiger partial charge on any atom is 0.325 e. The van der Waals surface area contributed by atoms with Crippen molar-refractivity contribution in [3.05, 3.63) is 62.4 Å². The molecule has 1 aromatic heterocycles. The highest BCUT2D eigenvalue weighted by atomic mass is 32.2. The van der Waals surface area contributed by atoms with Crippen LogP contribution in [0.2, 0.25) is 0 Å². The first kappa shape index (κ1) is 15.1. The third-order valence-electron chi connectivity index (χ3n) is 2.72. The summed E-state index contributed by atoms with van der Waals surface area (Å²) in [4.78, 5) is 38.3. The molecule has 6 nitrogen and oxygen atoms in total. The van der Waals surface area contributed by atoms with Crippen molar-refractivity contribution in [2.45, 2.75) is 12.7 Å². The maximum atomic E-state index is 11.7. The Morgan fingerprint density at radius 1 is 1.24 bits per heavy atom. The molecule has 0 aliphatic rings. The normalized spacial score (nSPS) is 10.3. The second-order valence-electron chi connectivity index (χ2n) is 4.51. The topological polar surface area (TPSA) is 94.8 Å². The molecule has 21 heavy (non-hydrogen) atoms. The van der Waals surface area contributed by atoms with Gasteiger partial charge >= 0.3 is 5.69 Å². The second kappa shape index (κ2) is 6.94. The van der Waals surface area contributed by atoms with E-state index in [1.54, 1.807) is 0 Å². The first-order valence-electron chi connectivity index (χ1n) is 6.30. The number of hydrogen-bond donors (Lipinski definition) is 3. The molecule has 0 aliphatic heterocycles. The number of hydrogen-bond acceptors (Lipinski definition) is 4. The van der Waals surface area contributed by atoms with Gasteiger partial charge in [0.15, 0.2) is 0 Å². The van der Waals surface area contributed by atoms with E-state index in [9.17, 15) is 14.4 Å². The molecule has 110 valence electrons. The van der Waals surface area contributed by atoms with Gasteiger partial charge in [-0.2, -0.15) is 0 Å². The van der Waals surface area contributed by atoms with Gasteiger partial charge in [-0.25, -0.2) is 4.79 Å². The summed E-state index contributed by atoms with van der Waals surface area (Å²) in [6, 6.07) is 8.09. The molecule has 0 atom stereocenters. The summed E-state index contributed by atoms with van der Waals surface area (Å²) < 4.78 is 0. The highest BCUT2D eigenvalue weighted by molar-refractivity contribution is 7.99. The van der Waals surface area contributed by atoms with E-state index in [0.29, 0.717) is 0 Å². The van der Waals surface area contributed by atoms with Crippen molar-refractivity contribution in [3.63, 3.8) is 0 Å². The van der Waals surface area contributed by atoms with E-state index in [0.717, 1.165) is 11.3 Å². The highest BCUT2D eigenvalue weighted by Crippen LogP contribution is 2.13. The number of anilines is 1. The Balaban J connectivity index is 1.83. The van der Waals surface area contributed by atoms with Gasteiger partial charge in [-0.1, -0.05) is 29.8 Å². The molecule has 0 saturated heterocycles.